The summed E-state index contributed by atoms with van der Waals surface area (Å²) in [6.45, 7) is 6.19. The summed E-state index contributed by atoms with van der Waals surface area (Å²) >= 11 is 0. The number of rotatable bonds is 8. The van der Waals surface area contributed by atoms with Crippen LogP contribution in [0.1, 0.15) is 44.4 Å². The zero-order chi connectivity index (χ0) is 24.1. The quantitative estimate of drug-likeness (QED) is 0.338. The van der Waals surface area contributed by atoms with Gasteiger partial charge in [-0.1, -0.05) is 6.07 Å². The minimum absolute atomic E-state index is 0.0665. The largest absolute Gasteiger partial charge is 0.512 e. The van der Waals surface area contributed by atoms with E-state index in [1.165, 1.54) is 0 Å². The Morgan fingerprint density at radius 2 is 2.00 bits per heavy atom. The molecule has 1 aromatic carbocycles. The van der Waals surface area contributed by atoms with Crippen molar-refractivity contribution < 1.29 is 9.84 Å². The van der Waals surface area contributed by atoms with Crippen molar-refractivity contribution in [2.45, 2.75) is 39.7 Å². The SMILES string of the molecule is CC(=N)/C(=C(/C)O)c1cc2ccc(=O)n(Cc3ccccn3)c2cc1OCCC1CCNCC1. The molecule has 3 N–H and O–H groups in total. The Kier molecular flexibility index (Phi) is 7.43. The lowest BCUT2D eigenvalue weighted by Gasteiger charge is -2.23. The summed E-state index contributed by atoms with van der Waals surface area (Å²) in [5.41, 5.74) is 2.76. The molecular weight excluding hydrogens is 428 g/mol. The van der Waals surface area contributed by atoms with Gasteiger partial charge >= 0.3 is 0 Å². The summed E-state index contributed by atoms with van der Waals surface area (Å²) in [6, 6.07) is 12.7. The second-order valence-electron chi connectivity index (χ2n) is 8.90. The van der Waals surface area contributed by atoms with E-state index in [9.17, 15) is 9.90 Å². The van der Waals surface area contributed by atoms with Crippen LogP contribution in [0.5, 0.6) is 5.75 Å². The first-order valence-electron chi connectivity index (χ1n) is 11.8. The number of ether oxygens (including phenoxy) is 1. The highest BCUT2D eigenvalue weighted by Gasteiger charge is 2.19. The van der Waals surface area contributed by atoms with E-state index in [1.807, 2.05) is 30.3 Å². The lowest BCUT2D eigenvalue weighted by molar-refractivity contribution is 0.251. The van der Waals surface area contributed by atoms with Gasteiger partial charge in [0, 0.05) is 35.2 Å². The molecule has 3 heterocycles. The van der Waals surface area contributed by atoms with Crippen molar-refractivity contribution in [2.75, 3.05) is 19.7 Å². The number of aliphatic hydroxyl groups excluding tert-OH is 1. The fraction of sp³-hybridized carbons (Fsp3) is 0.370. The third-order valence-electron chi connectivity index (χ3n) is 6.39. The lowest BCUT2D eigenvalue weighted by Crippen LogP contribution is -2.28. The van der Waals surface area contributed by atoms with Crippen LogP contribution in [0.3, 0.4) is 0 Å². The second-order valence-corrected chi connectivity index (χ2v) is 8.90. The van der Waals surface area contributed by atoms with E-state index in [2.05, 4.69) is 10.3 Å². The van der Waals surface area contributed by atoms with Crippen LogP contribution < -0.4 is 15.6 Å². The first-order valence-corrected chi connectivity index (χ1v) is 11.8. The van der Waals surface area contributed by atoms with Crippen molar-refractivity contribution in [3.8, 4) is 5.75 Å². The maximum absolute atomic E-state index is 12.8. The third-order valence-corrected chi connectivity index (χ3v) is 6.39. The number of nitrogens with one attached hydrogen (secondary N) is 2. The second kappa shape index (κ2) is 10.7. The summed E-state index contributed by atoms with van der Waals surface area (Å²) in [6.07, 6.45) is 4.93. The van der Waals surface area contributed by atoms with Gasteiger partial charge in [-0.15, -0.1) is 0 Å². The molecule has 3 aromatic rings. The molecule has 0 unspecified atom stereocenters. The molecular formula is C27H32N4O3. The first-order chi connectivity index (χ1) is 16.4. The first kappa shape index (κ1) is 23.7. The molecule has 0 radical (unpaired) electrons. The Hall–Kier alpha value is -3.45. The van der Waals surface area contributed by atoms with Crippen molar-refractivity contribution in [1.82, 2.24) is 14.9 Å². The Bertz CT molecular complexity index is 1250. The molecule has 34 heavy (non-hydrogen) atoms. The molecule has 7 heteroatoms. The Morgan fingerprint density at radius 1 is 1.21 bits per heavy atom. The molecule has 0 saturated carbocycles. The lowest BCUT2D eigenvalue weighted by atomic mass is 9.95. The maximum Gasteiger partial charge on any atom is 0.251 e. The number of aliphatic hydroxyl groups is 1. The number of hydrogen-bond acceptors (Lipinski definition) is 6. The summed E-state index contributed by atoms with van der Waals surface area (Å²) in [5.74, 6) is 1.25. The van der Waals surface area contributed by atoms with E-state index < -0.39 is 0 Å². The molecule has 1 aliphatic heterocycles. The molecule has 1 fully saturated rings. The average molecular weight is 461 g/mol. The normalized spacial score (nSPS) is 15.2. The van der Waals surface area contributed by atoms with Gasteiger partial charge < -0.3 is 25.1 Å². The molecule has 1 aliphatic rings. The van der Waals surface area contributed by atoms with Crippen molar-refractivity contribution >= 4 is 22.2 Å². The van der Waals surface area contributed by atoms with Gasteiger partial charge in [-0.05, 0) is 81.8 Å². The molecule has 2 aromatic heterocycles. The average Bonchev–Trinajstić information content (AvgIpc) is 2.82. The van der Waals surface area contributed by atoms with Crippen LogP contribution in [0.25, 0.3) is 16.5 Å². The zero-order valence-corrected chi connectivity index (χ0v) is 19.8. The van der Waals surface area contributed by atoms with E-state index >= 15 is 0 Å². The standard InChI is InChI=1S/C27H32N4O3/c1-18(28)27(19(2)32)23-15-21-6-7-26(33)31(17-22-5-3-4-11-30-22)24(21)16-25(23)34-14-10-20-8-12-29-13-9-20/h3-7,11,15-16,20,28-29,32H,8-10,12-14,17H2,1-2H3/b27-19+,28-18?. The van der Waals surface area contributed by atoms with E-state index in [-0.39, 0.29) is 17.0 Å². The van der Waals surface area contributed by atoms with Crippen LogP contribution in [0.4, 0.5) is 0 Å². The molecule has 0 amide bonds. The van der Waals surface area contributed by atoms with Gasteiger partial charge in [0.2, 0.25) is 0 Å². The predicted molar refractivity (Wildman–Crippen MR) is 136 cm³/mol. The fourth-order valence-electron chi connectivity index (χ4n) is 4.63. The number of allylic oxidation sites excluding steroid dienone is 2. The smallest absolute Gasteiger partial charge is 0.251 e. The number of nitrogens with zero attached hydrogens (tertiary/aromatic N) is 2. The van der Waals surface area contributed by atoms with Crippen LogP contribution >= 0.6 is 0 Å². The van der Waals surface area contributed by atoms with Crippen LogP contribution in [-0.2, 0) is 6.54 Å². The summed E-state index contributed by atoms with van der Waals surface area (Å²) in [4.78, 5) is 17.2. The summed E-state index contributed by atoms with van der Waals surface area (Å²) in [5, 5.41) is 22.8. The number of hydrogen-bond donors (Lipinski definition) is 3. The topological polar surface area (TPSA) is 100 Å². The van der Waals surface area contributed by atoms with Crippen LogP contribution in [0.15, 0.2) is 59.2 Å². The van der Waals surface area contributed by atoms with Crippen molar-refractivity contribution in [3.05, 3.63) is 76.0 Å². The van der Waals surface area contributed by atoms with Crippen LogP contribution in [0.2, 0.25) is 0 Å². The van der Waals surface area contributed by atoms with Gasteiger partial charge in [0.25, 0.3) is 5.56 Å². The summed E-state index contributed by atoms with van der Waals surface area (Å²) < 4.78 is 7.97. The number of fused-ring (bicyclic) bond motifs is 1. The van der Waals surface area contributed by atoms with Gasteiger partial charge in [0.05, 0.1) is 30.1 Å². The number of piperidine rings is 1. The van der Waals surface area contributed by atoms with Crippen LogP contribution in [0, 0.1) is 11.3 Å². The number of pyridine rings is 2. The Balaban J connectivity index is 1.77. The molecule has 0 aliphatic carbocycles. The van der Waals surface area contributed by atoms with Gasteiger partial charge in [0.15, 0.2) is 0 Å². The Labute approximate surface area is 199 Å². The van der Waals surface area contributed by atoms with E-state index in [0.29, 0.717) is 36.0 Å². The predicted octanol–water partition coefficient (Wildman–Crippen LogP) is 4.54. The molecule has 0 atom stereocenters. The van der Waals surface area contributed by atoms with E-state index in [4.69, 9.17) is 10.1 Å². The summed E-state index contributed by atoms with van der Waals surface area (Å²) in [7, 11) is 0. The van der Waals surface area contributed by atoms with Gasteiger partial charge in [-0.25, -0.2) is 0 Å². The van der Waals surface area contributed by atoms with Crippen LogP contribution in [-0.4, -0.2) is 40.1 Å². The number of benzene rings is 1. The molecule has 4 rings (SSSR count). The molecule has 7 nitrogen and oxygen atoms in total. The van der Waals surface area contributed by atoms with Gasteiger partial charge in [-0.2, -0.15) is 0 Å². The molecule has 0 bridgehead atoms. The number of aromatic nitrogens is 2. The fourth-order valence-corrected chi connectivity index (χ4v) is 4.63. The monoisotopic (exact) mass is 460 g/mol. The molecule has 178 valence electrons. The van der Waals surface area contributed by atoms with E-state index in [0.717, 1.165) is 48.9 Å². The van der Waals surface area contributed by atoms with Gasteiger partial charge in [-0.3, -0.25) is 9.78 Å². The van der Waals surface area contributed by atoms with Crippen molar-refractivity contribution in [3.63, 3.8) is 0 Å². The minimum Gasteiger partial charge on any atom is -0.512 e. The Morgan fingerprint density at radius 3 is 2.68 bits per heavy atom. The van der Waals surface area contributed by atoms with Gasteiger partial charge in [0.1, 0.15) is 5.75 Å². The van der Waals surface area contributed by atoms with Crippen molar-refractivity contribution in [2.24, 2.45) is 5.92 Å². The minimum atomic E-state index is -0.121. The highest BCUT2D eigenvalue weighted by Crippen LogP contribution is 2.33. The molecule has 0 spiro atoms. The van der Waals surface area contributed by atoms with E-state index in [1.54, 1.807) is 36.7 Å². The highest BCUT2D eigenvalue weighted by atomic mass is 16.5. The third kappa shape index (κ3) is 5.37. The maximum atomic E-state index is 12.8. The highest BCUT2D eigenvalue weighted by molar-refractivity contribution is 6.22. The molecule has 1 saturated heterocycles. The zero-order valence-electron chi connectivity index (χ0n) is 19.8. The van der Waals surface area contributed by atoms with Crippen molar-refractivity contribution in [1.29, 1.82) is 5.41 Å².